The zero-order valence-electron chi connectivity index (χ0n) is 12.2. The fraction of sp³-hybridized carbons (Fsp3) is 0.692. The van der Waals surface area contributed by atoms with Crippen LogP contribution >= 0.6 is 0 Å². The van der Waals surface area contributed by atoms with E-state index in [0.717, 1.165) is 17.8 Å². The van der Waals surface area contributed by atoms with Crippen LogP contribution in [0, 0.1) is 6.92 Å². The van der Waals surface area contributed by atoms with Crippen LogP contribution in [0.15, 0.2) is 0 Å². The first-order chi connectivity index (χ1) is 8.27. The zero-order chi connectivity index (χ0) is 13.9. The Morgan fingerprint density at radius 2 is 1.89 bits per heavy atom. The van der Waals surface area contributed by atoms with Crippen LogP contribution in [0.4, 0.5) is 5.82 Å². The minimum Gasteiger partial charge on any atom is -0.475 e. The third-order valence-electron chi connectivity index (χ3n) is 3.27. The predicted molar refractivity (Wildman–Crippen MR) is 73.8 cm³/mol. The van der Waals surface area contributed by atoms with Gasteiger partial charge in [-0.1, -0.05) is 6.92 Å². The van der Waals surface area contributed by atoms with Crippen molar-refractivity contribution < 1.29 is 4.74 Å². The maximum Gasteiger partial charge on any atom is 0.221 e. The monoisotopic (exact) mass is 252 g/mol. The Balaban J connectivity index is 2.88. The summed E-state index contributed by atoms with van der Waals surface area (Å²) in [5.41, 5.74) is 6.60. The standard InChI is InChI=1S/C13H24N4O/c1-7-10-15-11(14)9(2)12(16-10)18-8-13(3,4)17(5)6/h7-8H2,1-6H3,(H2,14,15,16). The number of aromatic nitrogens is 2. The van der Waals surface area contributed by atoms with Gasteiger partial charge in [0.05, 0.1) is 5.56 Å². The summed E-state index contributed by atoms with van der Waals surface area (Å²) in [7, 11) is 4.06. The molecule has 5 heteroatoms. The lowest BCUT2D eigenvalue weighted by Gasteiger charge is -2.32. The molecule has 18 heavy (non-hydrogen) atoms. The average Bonchev–Trinajstić information content (AvgIpc) is 2.30. The van der Waals surface area contributed by atoms with Crippen LogP contribution in [0.1, 0.15) is 32.2 Å². The van der Waals surface area contributed by atoms with Crippen LogP contribution < -0.4 is 10.5 Å². The van der Waals surface area contributed by atoms with Gasteiger partial charge in [-0.3, -0.25) is 0 Å². The minimum atomic E-state index is -0.0570. The van der Waals surface area contributed by atoms with Gasteiger partial charge in [0.25, 0.3) is 0 Å². The molecule has 1 aromatic heterocycles. The molecule has 0 aliphatic heterocycles. The van der Waals surface area contributed by atoms with Gasteiger partial charge in [0.1, 0.15) is 18.2 Å². The van der Waals surface area contributed by atoms with E-state index in [1.807, 2.05) is 27.9 Å². The molecule has 0 aromatic carbocycles. The third-order valence-corrected chi connectivity index (χ3v) is 3.27. The smallest absolute Gasteiger partial charge is 0.221 e. The number of nitrogen functional groups attached to an aromatic ring is 1. The molecule has 1 heterocycles. The maximum atomic E-state index is 5.85. The number of likely N-dealkylation sites (N-methyl/N-ethyl adjacent to an activating group) is 1. The molecule has 5 nitrogen and oxygen atoms in total. The topological polar surface area (TPSA) is 64.3 Å². The third kappa shape index (κ3) is 3.32. The molecule has 0 atom stereocenters. The van der Waals surface area contributed by atoms with Crippen molar-refractivity contribution >= 4 is 5.82 Å². The van der Waals surface area contributed by atoms with Crippen molar-refractivity contribution in [3.63, 3.8) is 0 Å². The minimum absolute atomic E-state index is 0.0570. The Hall–Kier alpha value is -1.36. The van der Waals surface area contributed by atoms with Gasteiger partial charge in [-0.2, -0.15) is 4.98 Å². The Labute approximate surface area is 109 Å². The number of aryl methyl sites for hydroxylation is 1. The van der Waals surface area contributed by atoms with Crippen molar-refractivity contribution in [1.82, 2.24) is 14.9 Å². The van der Waals surface area contributed by atoms with Crippen LogP contribution in [-0.4, -0.2) is 41.1 Å². The van der Waals surface area contributed by atoms with Crippen LogP contribution in [-0.2, 0) is 6.42 Å². The molecule has 0 spiro atoms. The fourth-order valence-electron chi connectivity index (χ4n) is 1.23. The lowest BCUT2D eigenvalue weighted by Crippen LogP contribution is -2.43. The summed E-state index contributed by atoms with van der Waals surface area (Å²) in [6, 6.07) is 0. The molecule has 0 fully saturated rings. The summed E-state index contributed by atoms with van der Waals surface area (Å²) < 4.78 is 5.81. The highest BCUT2D eigenvalue weighted by Crippen LogP contribution is 2.21. The highest BCUT2D eigenvalue weighted by atomic mass is 16.5. The van der Waals surface area contributed by atoms with E-state index in [0.29, 0.717) is 18.3 Å². The first kappa shape index (κ1) is 14.7. The molecule has 1 aromatic rings. The normalized spacial score (nSPS) is 11.9. The van der Waals surface area contributed by atoms with Crippen LogP contribution in [0.5, 0.6) is 5.88 Å². The number of ether oxygens (including phenoxy) is 1. The van der Waals surface area contributed by atoms with E-state index in [2.05, 4.69) is 28.7 Å². The van der Waals surface area contributed by atoms with E-state index in [1.54, 1.807) is 0 Å². The van der Waals surface area contributed by atoms with Crippen molar-refractivity contribution in [2.24, 2.45) is 0 Å². The summed E-state index contributed by atoms with van der Waals surface area (Å²) in [4.78, 5) is 10.7. The molecule has 0 amide bonds. The van der Waals surface area contributed by atoms with Crippen molar-refractivity contribution in [2.45, 2.75) is 39.7 Å². The van der Waals surface area contributed by atoms with E-state index in [9.17, 15) is 0 Å². The first-order valence-corrected chi connectivity index (χ1v) is 6.21. The van der Waals surface area contributed by atoms with Gasteiger partial charge in [0.2, 0.25) is 5.88 Å². The van der Waals surface area contributed by atoms with Gasteiger partial charge in [-0.05, 0) is 34.9 Å². The number of rotatable bonds is 5. The number of anilines is 1. The second-order valence-electron chi connectivity index (χ2n) is 5.30. The van der Waals surface area contributed by atoms with E-state index >= 15 is 0 Å². The van der Waals surface area contributed by atoms with Gasteiger partial charge in [0.15, 0.2) is 0 Å². The molecular formula is C13H24N4O. The fourth-order valence-corrected chi connectivity index (χ4v) is 1.23. The lowest BCUT2D eigenvalue weighted by atomic mass is 10.1. The molecule has 0 bridgehead atoms. The maximum absolute atomic E-state index is 5.85. The van der Waals surface area contributed by atoms with Gasteiger partial charge in [0, 0.05) is 12.0 Å². The second-order valence-corrected chi connectivity index (χ2v) is 5.30. The van der Waals surface area contributed by atoms with Crippen molar-refractivity contribution in [3.05, 3.63) is 11.4 Å². The zero-order valence-corrected chi connectivity index (χ0v) is 12.2. The largest absolute Gasteiger partial charge is 0.475 e. The molecule has 1 rings (SSSR count). The van der Waals surface area contributed by atoms with Crippen LogP contribution in [0.2, 0.25) is 0 Å². The first-order valence-electron chi connectivity index (χ1n) is 6.21. The second kappa shape index (κ2) is 5.52. The van der Waals surface area contributed by atoms with Gasteiger partial charge in [-0.15, -0.1) is 0 Å². The van der Waals surface area contributed by atoms with Crippen LogP contribution in [0.25, 0.3) is 0 Å². The number of hydrogen-bond donors (Lipinski definition) is 1. The Kier molecular flexibility index (Phi) is 4.51. The van der Waals surface area contributed by atoms with E-state index in [-0.39, 0.29) is 5.54 Å². The molecule has 102 valence electrons. The highest BCUT2D eigenvalue weighted by molar-refractivity contribution is 5.44. The molecule has 0 radical (unpaired) electrons. The molecule has 0 aliphatic rings. The number of nitrogens with two attached hydrogens (primary N) is 1. The summed E-state index contributed by atoms with van der Waals surface area (Å²) in [5.74, 6) is 1.81. The Bertz CT molecular complexity index is 416. The summed E-state index contributed by atoms with van der Waals surface area (Å²) >= 11 is 0. The van der Waals surface area contributed by atoms with Gasteiger partial charge >= 0.3 is 0 Å². The van der Waals surface area contributed by atoms with E-state index in [4.69, 9.17) is 10.5 Å². The van der Waals surface area contributed by atoms with Gasteiger partial charge in [-0.25, -0.2) is 4.98 Å². The predicted octanol–water partition coefficient (Wildman–Crippen LogP) is 1.65. The lowest BCUT2D eigenvalue weighted by molar-refractivity contribution is 0.110. The highest BCUT2D eigenvalue weighted by Gasteiger charge is 2.22. The van der Waals surface area contributed by atoms with E-state index < -0.39 is 0 Å². The Morgan fingerprint density at radius 1 is 1.28 bits per heavy atom. The summed E-state index contributed by atoms with van der Waals surface area (Å²) in [6.45, 7) is 8.67. The molecule has 0 saturated carbocycles. The average molecular weight is 252 g/mol. The van der Waals surface area contributed by atoms with Crippen LogP contribution in [0.3, 0.4) is 0 Å². The van der Waals surface area contributed by atoms with Crippen molar-refractivity contribution in [2.75, 3.05) is 26.4 Å². The molecule has 2 N–H and O–H groups in total. The molecule has 0 aliphatic carbocycles. The number of nitrogens with zero attached hydrogens (tertiary/aromatic N) is 3. The molecular weight excluding hydrogens is 228 g/mol. The van der Waals surface area contributed by atoms with Gasteiger partial charge < -0.3 is 15.4 Å². The van der Waals surface area contributed by atoms with Crippen molar-refractivity contribution in [3.8, 4) is 5.88 Å². The number of hydrogen-bond acceptors (Lipinski definition) is 5. The van der Waals surface area contributed by atoms with Crippen molar-refractivity contribution in [1.29, 1.82) is 0 Å². The molecule has 0 unspecified atom stereocenters. The Morgan fingerprint density at radius 3 is 2.39 bits per heavy atom. The summed E-state index contributed by atoms with van der Waals surface area (Å²) in [5, 5.41) is 0. The molecule has 0 saturated heterocycles. The SMILES string of the molecule is CCc1nc(N)c(C)c(OCC(C)(C)N(C)C)n1. The quantitative estimate of drug-likeness (QED) is 0.863. The summed E-state index contributed by atoms with van der Waals surface area (Å²) in [6.07, 6.45) is 0.748. The van der Waals surface area contributed by atoms with E-state index in [1.165, 1.54) is 0 Å².